The highest BCUT2D eigenvalue weighted by Gasteiger charge is 2.12. The Bertz CT molecular complexity index is 1380. The maximum Gasteiger partial charge on any atom is 0.238 e. The number of aryl methyl sites for hydroxylation is 1. The SMILES string of the molecule is CCc1nc2cccnc2n1-c1ccc(CC(=O)NCCc2ccc(S(N)(=O)=O)cc2)cc1. The third-order valence-electron chi connectivity index (χ3n) is 5.35. The van der Waals surface area contributed by atoms with E-state index in [1.807, 2.05) is 41.0 Å². The quantitative estimate of drug-likeness (QED) is 0.416. The van der Waals surface area contributed by atoms with E-state index in [2.05, 4.69) is 22.2 Å². The minimum absolute atomic E-state index is 0.0734. The largest absolute Gasteiger partial charge is 0.355 e. The van der Waals surface area contributed by atoms with Gasteiger partial charge in [0.25, 0.3) is 0 Å². The predicted octanol–water partition coefficient (Wildman–Crippen LogP) is 2.53. The van der Waals surface area contributed by atoms with Crippen LogP contribution in [-0.4, -0.2) is 35.4 Å². The molecule has 0 aliphatic rings. The number of hydrogen-bond donors (Lipinski definition) is 2. The van der Waals surface area contributed by atoms with E-state index in [0.717, 1.165) is 40.2 Å². The first-order valence-corrected chi connectivity index (χ1v) is 12.2. The summed E-state index contributed by atoms with van der Waals surface area (Å²) >= 11 is 0. The highest BCUT2D eigenvalue weighted by molar-refractivity contribution is 7.89. The average molecular weight is 464 g/mol. The zero-order chi connectivity index (χ0) is 23.4. The van der Waals surface area contributed by atoms with Crippen molar-refractivity contribution in [3.05, 3.63) is 83.8 Å². The number of carbonyl (C=O) groups excluding carboxylic acids is 1. The van der Waals surface area contributed by atoms with Crippen LogP contribution in [0.4, 0.5) is 0 Å². The number of imidazole rings is 1. The van der Waals surface area contributed by atoms with E-state index in [4.69, 9.17) is 5.14 Å². The molecule has 4 aromatic rings. The van der Waals surface area contributed by atoms with Gasteiger partial charge in [-0.2, -0.15) is 0 Å². The summed E-state index contributed by atoms with van der Waals surface area (Å²) in [4.78, 5) is 21.5. The molecule has 2 heterocycles. The molecular weight excluding hydrogens is 438 g/mol. The summed E-state index contributed by atoms with van der Waals surface area (Å²) in [6.07, 6.45) is 3.41. The monoisotopic (exact) mass is 463 g/mol. The second-order valence-electron chi connectivity index (χ2n) is 7.70. The fourth-order valence-electron chi connectivity index (χ4n) is 3.67. The van der Waals surface area contributed by atoms with Gasteiger partial charge in [-0.05, 0) is 53.9 Å². The van der Waals surface area contributed by atoms with Gasteiger partial charge in [0, 0.05) is 24.8 Å². The fourth-order valence-corrected chi connectivity index (χ4v) is 4.19. The number of nitrogens with zero attached hydrogens (tertiary/aromatic N) is 3. The molecule has 0 saturated carbocycles. The number of nitrogens with two attached hydrogens (primary N) is 1. The van der Waals surface area contributed by atoms with Crippen LogP contribution in [0.1, 0.15) is 23.9 Å². The number of pyridine rings is 1. The number of rotatable bonds is 8. The minimum atomic E-state index is -3.70. The molecule has 3 N–H and O–H groups in total. The normalized spacial score (nSPS) is 11.6. The van der Waals surface area contributed by atoms with Crippen LogP contribution in [0.15, 0.2) is 71.8 Å². The maximum absolute atomic E-state index is 12.3. The molecule has 9 heteroatoms. The van der Waals surface area contributed by atoms with E-state index in [-0.39, 0.29) is 17.2 Å². The van der Waals surface area contributed by atoms with E-state index in [1.165, 1.54) is 12.1 Å². The lowest BCUT2D eigenvalue weighted by molar-refractivity contribution is -0.120. The lowest BCUT2D eigenvalue weighted by atomic mass is 10.1. The van der Waals surface area contributed by atoms with E-state index >= 15 is 0 Å². The van der Waals surface area contributed by atoms with Gasteiger partial charge in [0.15, 0.2) is 5.65 Å². The van der Waals surface area contributed by atoms with Crippen molar-refractivity contribution in [1.29, 1.82) is 0 Å². The van der Waals surface area contributed by atoms with Crippen molar-refractivity contribution in [2.24, 2.45) is 5.14 Å². The third-order valence-corrected chi connectivity index (χ3v) is 6.28. The van der Waals surface area contributed by atoms with Crippen molar-refractivity contribution in [3.63, 3.8) is 0 Å². The summed E-state index contributed by atoms with van der Waals surface area (Å²) in [7, 11) is -3.70. The number of primary sulfonamides is 1. The highest BCUT2D eigenvalue weighted by atomic mass is 32.2. The Morgan fingerprint density at radius 2 is 1.73 bits per heavy atom. The van der Waals surface area contributed by atoms with Crippen molar-refractivity contribution in [2.75, 3.05) is 6.54 Å². The van der Waals surface area contributed by atoms with Crippen molar-refractivity contribution < 1.29 is 13.2 Å². The van der Waals surface area contributed by atoms with Crippen molar-refractivity contribution >= 4 is 27.1 Å². The Morgan fingerprint density at radius 3 is 2.39 bits per heavy atom. The fraction of sp³-hybridized carbons (Fsp3) is 0.208. The Kier molecular flexibility index (Phi) is 6.52. The van der Waals surface area contributed by atoms with Gasteiger partial charge in [-0.15, -0.1) is 0 Å². The Labute approximate surface area is 192 Å². The first kappa shape index (κ1) is 22.6. The number of nitrogens with one attached hydrogen (secondary N) is 1. The van der Waals surface area contributed by atoms with Gasteiger partial charge < -0.3 is 5.32 Å². The Hall–Kier alpha value is -3.56. The zero-order valence-electron chi connectivity index (χ0n) is 18.2. The van der Waals surface area contributed by atoms with Crippen molar-refractivity contribution in [1.82, 2.24) is 19.9 Å². The predicted molar refractivity (Wildman–Crippen MR) is 126 cm³/mol. The summed E-state index contributed by atoms with van der Waals surface area (Å²) in [6.45, 7) is 2.52. The van der Waals surface area contributed by atoms with E-state index < -0.39 is 10.0 Å². The molecule has 0 radical (unpaired) electrons. The van der Waals surface area contributed by atoms with Gasteiger partial charge in [-0.25, -0.2) is 23.5 Å². The second-order valence-corrected chi connectivity index (χ2v) is 9.26. The number of fused-ring (bicyclic) bond motifs is 1. The average Bonchev–Trinajstić information content (AvgIpc) is 3.18. The number of sulfonamides is 1. The lowest BCUT2D eigenvalue weighted by Gasteiger charge is -2.09. The Morgan fingerprint density at radius 1 is 1.03 bits per heavy atom. The molecule has 170 valence electrons. The minimum Gasteiger partial charge on any atom is -0.355 e. The highest BCUT2D eigenvalue weighted by Crippen LogP contribution is 2.20. The summed E-state index contributed by atoms with van der Waals surface area (Å²) in [5, 5.41) is 8.01. The molecule has 0 atom stereocenters. The summed E-state index contributed by atoms with van der Waals surface area (Å²) in [5.41, 5.74) is 4.46. The second kappa shape index (κ2) is 9.51. The molecule has 0 spiro atoms. The van der Waals surface area contributed by atoms with Crippen LogP contribution in [-0.2, 0) is 34.1 Å². The first-order valence-electron chi connectivity index (χ1n) is 10.7. The lowest BCUT2D eigenvalue weighted by Crippen LogP contribution is -2.27. The van der Waals surface area contributed by atoms with E-state index in [9.17, 15) is 13.2 Å². The van der Waals surface area contributed by atoms with Gasteiger partial charge in [-0.3, -0.25) is 9.36 Å². The molecule has 4 rings (SSSR count). The number of amides is 1. The van der Waals surface area contributed by atoms with Crippen molar-refractivity contribution in [2.45, 2.75) is 31.1 Å². The van der Waals surface area contributed by atoms with Gasteiger partial charge in [0.2, 0.25) is 15.9 Å². The molecule has 0 saturated heterocycles. The van der Waals surface area contributed by atoms with Crippen molar-refractivity contribution in [3.8, 4) is 5.69 Å². The molecule has 0 bridgehead atoms. The molecule has 0 fully saturated rings. The first-order chi connectivity index (χ1) is 15.8. The van der Waals surface area contributed by atoms with Crippen LogP contribution in [0.3, 0.4) is 0 Å². The molecule has 1 amide bonds. The number of carbonyl (C=O) groups is 1. The summed E-state index contributed by atoms with van der Waals surface area (Å²) < 4.78 is 24.7. The van der Waals surface area contributed by atoms with Gasteiger partial charge in [0.1, 0.15) is 11.3 Å². The van der Waals surface area contributed by atoms with Crippen LogP contribution in [0.25, 0.3) is 16.9 Å². The smallest absolute Gasteiger partial charge is 0.238 e. The van der Waals surface area contributed by atoms with Gasteiger partial charge in [-0.1, -0.05) is 31.2 Å². The summed E-state index contributed by atoms with van der Waals surface area (Å²) in [5.74, 6) is 0.860. The third kappa shape index (κ3) is 5.27. The standard InChI is InChI=1S/C24H25N5O3S/c1-2-22-28-21-4-3-14-27-24(21)29(22)19-9-5-18(6-10-19)16-23(30)26-15-13-17-7-11-20(12-8-17)33(25,31)32/h3-12,14H,2,13,15-16H2,1H3,(H,26,30)(H2,25,31,32). The van der Waals surface area contributed by atoms with Crippen LogP contribution >= 0.6 is 0 Å². The number of aromatic nitrogens is 3. The van der Waals surface area contributed by atoms with Crippen LogP contribution in [0, 0.1) is 0 Å². The van der Waals surface area contributed by atoms with E-state index in [0.29, 0.717) is 13.0 Å². The molecule has 0 aliphatic carbocycles. The topological polar surface area (TPSA) is 120 Å². The van der Waals surface area contributed by atoms with Crippen LogP contribution < -0.4 is 10.5 Å². The van der Waals surface area contributed by atoms with E-state index in [1.54, 1.807) is 18.3 Å². The number of hydrogen-bond acceptors (Lipinski definition) is 5. The van der Waals surface area contributed by atoms with Gasteiger partial charge >= 0.3 is 0 Å². The molecule has 2 aromatic carbocycles. The maximum atomic E-state index is 12.3. The van der Waals surface area contributed by atoms with Crippen LogP contribution in [0.5, 0.6) is 0 Å². The number of benzene rings is 2. The molecule has 2 aromatic heterocycles. The Balaban J connectivity index is 1.35. The summed E-state index contributed by atoms with van der Waals surface area (Å²) in [6, 6.07) is 18.0. The molecule has 33 heavy (non-hydrogen) atoms. The van der Waals surface area contributed by atoms with Crippen LogP contribution in [0.2, 0.25) is 0 Å². The molecule has 8 nitrogen and oxygen atoms in total. The zero-order valence-corrected chi connectivity index (χ0v) is 19.0. The van der Waals surface area contributed by atoms with Gasteiger partial charge in [0.05, 0.1) is 11.3 Å². The molecule has 0 aliphatic heterocycles. The molecular formula is C24H25N5O3S. The molecule has 0 unspecified atom stereocenters.